The van der Waals surface area contributed by atoms with E-state index in [9.17, 15) is 34.7 Å². The van der Waals surface area contributed by atoms with Gasteiger partial charge in [0.05, 0.1) is 7.11 Å². The molecule has 0 aromatic carbocycles. The number of methoxy groups -OCH3 is 1. The molecule has 0 heterocycles. The molecule has 0 aliphatic heterocycles. The number of ether oxygens (including phenoxy) is 1. The van der Waals surface area contributed by atoms with Gasteiger partial charge in [-0.25, -0.2) is 4.79 Å². The molecule has 0 radical (unpaired) electrons. The van der Waals surface area contributed by atoms with Crippen LogP contribution in [0.15, 0.2) is 0 Å². The number of carbonyl (C=O) groups excluding carboxylic acids is 1. The van der Waals surface area contributed by atoms with E-state index in [1.807, 2.05) is 0 Å². The standard InChI is InChI=1S/C4H3F5O4S/c1-13-2(10)3(5,6)4(7,8)14(9,11)12/h1H3. The van der Waals surface area contributed by atoms with Crippen molar-refractivity contribution in [2.45, 2.75) is 11.2 Å². The van der Waals surface area contributed by atoms with Gasteiger partial charge in [0.15, 0.2) is 0 Å². The highest BCUT2D eigenvalue weighted by Crippen LogP contribution is 2.40. The van der Waals surface area contributed by atoms with E-state index in [0.29, 0.717) is 7.11 Å². The topological polar surface area (TPSA) is 60.4 Å². The Bertz CT molecular complexity index is 334. The highest BCUT2D eigenvalue weighted by Gasteiger charge is 2.72. The Morgan fingerprint density at radius 1 is 1.21 bits per heavy atom. The van der Waals surface area contributed by atoms with Crippen LogP contribution in [-0.2, 0) is 19.8 Å². The fourth-order valence-electron chi connectivity index (χ4n) is 0.400. The third-order valence-electron chi connectivity index (χ3n) is 1.11. The molecule has 0 aliphatic carbocycles. The van der Waals surface area contributed by atoms with Gasteiger partial charge in [-0.3, -0.25) is 0 Å². The summed E-state index contributed by atoms with van der Waals surface area (Å²) in [6.07, 6.45) is 0. The first-order valence-electron chi connectivity index (χ1n) is 2.76. The van der Waals surface area contributed by atoms with Crippen LogP contribution in [0.25, 0.3) is 0 Å². The van der Waals surface area contributed by atoms with E-state index in [1.165, 1.54) is 0 Å². The van der Waals surface area contributed by atoms with Crippen molar-refractivity contribution in [3.05, 3.63) is 0 Å². The summed E-state index contributed by atoms with van der Waals surface area (Å²) < 4.78 is 82.9. The molecule has 10 heteroatoms. The van der Waals surface area contributed by atoms with Crippen molar-refractivity contribution >= 4 is 16.2 Å². The number of hydrogen-bond donors (Lipinski definition) is 0. The second-order valence-corrected chi connectivity index (χ2v) is 3.41. The summed E-state index contributed by atoms with van der Waals surface area (Å²) in [6.45, 7) is 0. The first kappa shape index (κ1) is 13.1. The van der Waals surface area contributed by atoms with Crippen molar-refractivity contribution in [1.82, 2.24) is 0 Å². The van der Waals surface area contributed by atoms with Crippen LogP contribution in [0.4, 0.5) is 21.4 Å². The second kappa shape index (κ2) is 3.33. The van der Waals surface area contributed by atoms with Gasteiger partial charge < -0.3 is 4.74 Å². The molecular weight excluding hydrogens is 239 g/mol. The molecule has 4 nitrogen and oxygen atoms in total. The van der Waals surface area contributed by atoms with Crippen molar-refractivity contribution in [2.75, 3.05) is 7.11 Å². The molecule has 0 unspecified atom stereocenters. The summed E-state index contributed by atoms with van der Waals surface area (Å²) in [4.78, 5) is 10.0. The van der Waals surface area contributed by atoms with Crippen LogP contribution in [0.5, 0.6) is 0 Å². The maximum absolute atomic E-state index is 12.2. The minimum atomic E-state index is -6.90. The molecule has 84 valence electrons. The zero-order valence-corrected chi connectivity index (χ0v) is 7.25. The summed E-state index contributed by atoms with van der Waals surface area (Å²) >= 11 is 0. The summed E-state index contributed by atoms with van der Waals surface area (Å²) in [6, 6.07) is 0. The van der Waals surface area contributed by atoms with E-state index in [4.69, 9.17) is 0 Å². The van der Waals surface area contributed by atoms with Gasteiger partial charge in [-0.15, -0.1) is 0 Å². The third kappa shape index (κ3) is 1.79. The van der Waals surface area contributed by atoms with Gasteiger partial charge in [-0.05, 0) is 0 Å². The van der Waals surface area contributed by atoms with Gasteiger partial charge >= 0.3 is 27.4 Å². The van der Waals surface area contributed by atoms with Crippen LogP contribution in [0.3, 0.4) is 0 Å². The number of halogens is 5. The Labute approximate surface area is 74.9 Å². The summed E-state index contributed by atoms with van der Waals surface area (Å²) in [5, 5.41) is -6.15. The first-order valence-corrected chi connectivity index (χ1v) is 4.15. The molecule has 0 fully saturated rings. The molecule has 0 N–H and O–H groups in total. The minimum Gasteiger partial charge on any atom is -0.464 e. The Morgan fingerprint density at radius 3 is 1.79 bits per heavy atom. The quantitative estimate of drug-likeness (QED) is 0.415. The van der Waals surface area contributed by atoms with E-state index in [0.717, 1.165) is 0 Å². The molecule has 0 spiro atoms. The Hall–Kier alpha value is -0.930. The second-order valence-electron chi connectivity index (χ2n) is 2.02. The number of hydrogen-bond acceptors (Lipinski definition) is 4. The molecule has 0 atom stereocenters. The van der Waals surface area contributed by atoms with Crippen molar-refractivity contribution in [3.63, 3.8) is 0 Å². The fourth-order valence-corrected chi connectivity index (χ4v) is 0.790. The lowest BCUT2D eigenvalue weighted by molar-refractivity contribution is -0.201. The van der Waals surface area contributed by atoms with Gasteiger partial charge in [0, 0.05) is 0 Å². The molecule has 0 saturated heterocycles. The minimum absolute atomic E-state index is 0.317. The van der Waals surface area contributed by atoms with Crippen molar-refractivity contribution in [2.24, 2.45) is 0 Å². The zero-order chi connectivity index (χ0) is 11.8. The van der Waals surface area contributed by atoms with Crippen LogP contribution in [-0.4, -0.2) is 32.7 Å². The average Bonchev–Trinajstić information content (AvgIpc) is 2.00. The SMILES string of the molecule is COC(=O)C(F)(F)C(F)(F)S(=O)(=O)F. The normalized spacial score (nSPS) is 13.9. The fraction of sp³-hybridized carbons (Fsp3) is 0.750. The number of carbonyl (C=O) groups is 1. The molecule has 0 saturated carbocycles. The van der Waals surface area contributed by atoms with E-state index in [2.05, 4.69) is 4.74 Å². The molecule has 14 heavy (non-hydrogen) atoms. The van der Waals surface area contributed by atoms with Gasteiger partial charge in [-0.2, -0.15) is 26.0 Å². The van der Waals surface area contributed by atoms with Crippen LogP contribution < -0.4 is 0 Å². The maximum atomic E-state index is 12.2. The predicted molar refractivity (Wildman–Crippen MR) is 31.9 cm³/mol. The van der Waals surface area contributed by atoms with Crippen LogP contribution in [0.2, 0.25) is 0 Å². The Kier molecular flexibility index (Phi) is 3.11. The molecule has 0 aromatic rings. The predicted octanol–water partition coefficient (Wildman–Crippen LogP) is 0.687. The van der Waals surface area contributed by atoms with Crippen LogP contribution >= 0.6 is 0 Å². The maximum Gasteiger partial charge on any atom is 0.447 e. The average molecular weight is 242 g/mol. The lowest BCUT2D eigenvalue weighted by Gasteiger charge is -2.19. The largest absolute Gasteiger partial charge is 0.464 e. The van der Waals surface area contributed by atoms with Gasteiger partial charge in [-0.1, -0.05) is 3.89 Å². The van der Waals surface area contributed by atoms with E-state index >= 15 is 0 Å². The highest BCUT2D eigenvalue weighted by molar-refractivity contribution is 7.87. The Balaban J connectivity index is 5.40. The van der Waals surface area contributed by atoms with Crippen LogP contribution in [0, 0.1) is 0 Å². The van der Waals surface area contributed by atoms with Crippen molar-refractivity contribution < 1.29 is 39.4 Å². The molecule has 0 rings (SSSR count). The molecular formula is C4H3F5O4S. The summed E-state index contributed by atoms with van der Waals surface area (Å²) in [7, 11) is -6.58. The molecule has 0 aromatic heterocycles. The monoisotopic (exact) mass is 242 g/mol. The Morgan fingerprint density at radius 2 is 1.57 bits per heavy atom. The van der Waals surface area contributed by atoms with Gasteiger partial charge in [0.25, 0.3) is 0 Å². The van der Waals surface area contributed by atoms with E-state index < -0.39 is 27.4 Å². The lowest BCUT2D eigenvalue weighted by atomic mass is 10.3. The summed E-state index contributed by atoms with van der Waals surface area (Å²) in [5.74, 6) is -8.61. The molecule has 0 bridgehead atoms. The smallest absolute Gasteiger partial charge is 0.447 e. The van der Waals surface area contributed by atoms with Crippen molar-refractivity contribution in [3.8, 4) is 0 Å². The summed E-state index contributed by atoms with van der Waals surface area (Å²) in [5.41, 5.74) is 0. The first-order chi connectivity index (χ1) is 5.98. The van der Waals surface area contributed by atoms with E-state index in [-0.39, 0.29) is 0 Å². The van der Waals surface area contributed by atoms with Crippen molar-refractivity contribution in [1.29, 1.82) is 0 Å². The molecule has 0 aliphatic rings. The van der Waals surface area contributed by atoms with Crippen LogP contribution in [0.1, 0.15) is 0 Å². The molecule has 0 amide bonds. The van der Waals surface area contributed by atoms with Gasteiger partial charge in [0.2, 0.25) is 0 Å². The zero-order valence-electron chi connectivity index (χ0n) is 6.43. The van der Waals surface area contributed by atoms with E-state index in [1.54, 1.807) is 0 Å². The third-order valence-corrected chi connectivity index (χ3v) is 1.98. The highest BCUT2D eigenvalue weighted by atomic mass is 32.3. The number of esters is 1. The van der Waals surface area contributed by atoms with Gasteiger partial charge in [0.1, 0.15) is 0 Å². The lowest BCUT2D eigenvalue weighted by Crippen LogP contribution is -2.51. The number of rotatable bonds is 3. The number of alkyl halides is 4.